The van der Waals surface area contributed by atoms with Crippen LogP contribution in [0.3, 0.4) is 0 Å². The number of sulfonamides is 1. The number of carbonyl (C=O) groups excluding carboxylic acids is 1. The van der Waals surface area contributed by atoms with Gasteiger partial charge in [-0.2, -0.15) is 0 Å². The molecule has 1 aliphatic heterocycles. The van der Waals surface area contributed by atoms with Crippen LogP contribution in [0.2, 0.25) is 0 Å². The summed E-state index contributed by atoms with van der Waals surface area (Å²) in [4.78, 5) is 17.9. The molecule has 0 radical (unpaired) electrons. The Morgan fingerprint density at radius 2 is 1.96 bits per heavy atom. The fourth-order valence-electron chi connectivity index (χ4n) is 3.30. The maximum Gasteiger partial charge on any atom is 0.409 e. The Kier molecular flexibility index (Phi) is 6.35. The fraction of sp³-hybridized carbons (Fsp3) is 0.474. The van der Waals surface area contributed by atoms with Crippen LogP contribution in [0.15, 0.2) is 35.4 Å². The van der Waals surface area contributed by atoms with E-state index in [1.807, 2.05) is 6.92 Å². The van der Waals surface area contributed by atoms with Crippen LogP contribution in [0.4, 0.5) is 4.79 Å². The molecule has 0 aliphatic carbocycles. The molecule has 9 heteroatoms. The summed E-state index contributed by atoms with van der Waals surface area (Å²) in [5.74, 6) is 0.555. The van der Waals surface area contributed by atoms with Gasteiger partial charge in [0.2, 0.25) is 10.0 Å². The summed E-state index contributed by atoms with van der Waals surface area (Å²) in [6.45, 7) is 5.33. The van der Waals surface area contributed by atoms with Crippen LogP contribution in [0.1, 0.15) is 26.7 Å². The predicted molar refractivity (Wildman–Crippen MR) is 105 cm³/mol. The first-order chi connectivity index (χ1) is 13.5. The highest BCUT2D eigenvalue weighted by Crippen LogP contribution is 2.30. The molecule has 3 rings (SSSR count). The van der Waals surface area contributed by atoms with E-state index in [0.29, 0.717) is 55.8 Å². The summed E-state index contributed by atoms with van der Waals surface area (Å²) < 4.78 is 39.4. The zero-order chi connectivity index (χ0) is 20.1. The van der Waals surface area contributed by atoms with Crippen LogP contribution in [-0.2, 0) is 14.8 Å². The molecule has 0 saturated carbocycles. The van der Waals surface area contributed by atoms with Gasteiger partial charge in [0.15, 0.2) is 0 Å². The van der Waals surface area contributed by atoms with E-state index in [-0.39, 0.29) is 17.0 Å². The van der Waals surface area contributed by atoms with Gasteiger partial charge < -0.3 is 14.4 Å². The highest BCUT2D eigenvalue weighted by Gasteiger charge is 2.28. The van der Waals surface area contributed by atoms with Gasteiger partial charge in [0.05, 0.1) is 18.1 Å². The van der Waals surface area contributed by atoms with Crippen molar-refractivity contribution < 1.29 is 22.7 Å². The number of ether oxygens (including phenoxy) is 2. The summed E-state index contributed by atoms with van der Waals surface area (Å²) in [7, 11) is -3.75. The minimum absolute atomic E-state index is 0.173. The highest BCUT2D eigenvalue weighted by atomic mass is 32.2. The van der Waals surface area contributed by atoms with E-state index in [9.17, 15) is 13.2 Å². The van der Waals surface area contributed by atoms with Crippen molar-refractivity contribution >= 4 is 27.0 Å². The SMILES string of the molecule is CCOC(=O)N1CCC(NS(=O)(=O)c2ccc(OCC)c3ncccc23)CC1. The largest absolute Gasteiger partial charge is 0.492 e. The fourth-order valence-corrected chi connectivity index (χ4v) is 4.81. The average molecular weight is 407 g/mol. The van der Waals surface area contributed by atoms with Crippen molar-refractivity contribution in [1.29, 1.82) is 0 Å². The summed E-state index contributed by atoms with van der Waals surface area (Å²) in [5.41, 5.74) is 0.518. The molecule has 1 aromatic carbocycles. The normalized spacial score (nSPS) is 15.6. The number of likely N-dealkylation sites (tertiary alicyclic amines) is 1. The standard InChI is InChI=1S/C19H25N3O5S/c1-3-26-16-7-8-17(15-6-5-11-20-18(15)16)28(24,25)21-14-9-12-22(13-10-14)19(23)27-4-2/h5-8,11,14,21H,3-4,9-10,12-13H2,1-2H3. The van der Waals surface area contributed by atoms with E-state index in [1.165, 1.54) is 0 Å². The van der Waals surface area contributed by atoms with Gasteiger partial charge in [-0.05, 0) is 51.0 Å². The minimum Gasteiger partial charge on any atom is -0.492 e. The number of aromatic nitrogens is 1. The lowest BCUT2D eigenvalue weighted by Gasteiger charge is -2.31. The summed E-state index contributed by atoms with van der Waals surface area (Å²) in [6.07, 6.45) is 2.32. The van der Waals surface area contributed by atoms with E-state index in [4.69, 9.17) is 9.47 Å². The molecular formula is C19H25N3O5S. The van der Waals surface area contributed by atoms with E-state index in [1.54, 1.807) is 42.3 Å². The predicted octanol–water partition coefficient (Wildman–Crippen LogP) is 2.53. The van der Waals surface area contributed by atoms with Crippen LogP contribution in [-0.4, -0.2) is 56.7 Å². The zero-order valence-corrected chi connectivity index (χ0v) is 16.9. The zero-order valence-electron chi connectivity index (χ0n) is 16.1. The Labute approximate surface area is 164 Å². The van der Waals surface area contributed by atoms with E-state index in [0.717, 1.165) is 0 Å². The van der Waals surface area contributed by atoms with Crippen molar-refractivity contribution in [2.45, 2.75) is 37.6 Å². The smallest absolute Gasteiger partial charge is 0.409 e. The quantitative estimate of drug-likeness (QED) is 0.790. The van der Waals surface area contributed by atoms with Gasteiger partial charge >= 0.3 is 6.09 Å². The molecule has 0 atom stereocenters. The van der Waals surface area contributed by atoms with E-state index < -0.39 is 10.0 Å². The second-order valence-corrected chi connectivity index (χ2v) is 8.16. The Balaban J connectivity index is 1.77. The number of pyridine rings is 1. The van der Waals surface area contributed by atoms with Gasteiger partial charge in [0.1, 0.15) is 11.3 Å². The first-order valence-electron chi connectivity index (χ1n) is 9.40. The van der Waals surface area contributed by atoms with Crippen LogP contribution < -0.4 is 9.46 Å². The number of nitrogens with zero attached hydrogens (tertiary/aromatic N) is 2. The highest BCUT2D eigenvalue weighted by molar-refractivity contribution is 7.89. The maximum atomic E-state index is 13.0. The Hall–Kier alpha value is -2.39. The number of fused-ring (bicyclic) bond motifs is 1. The minimum atomic E-state index is -3.75. The lowest BCUT2D eigenvalue weighted by Crippen LogP contribution is -2.46. The Morgan fingerprint density at radius 1 is 1.21 bits per heavy atom. The first kappa shape index (κ1) is 20.3. The molecule has 2 heterocycles. The van der Waals surface area contributed by atoms with E-state index >= 15 is 0 Å². The molecule has 1 saturated heterocycles. The number of hydrogen-bond donors (Lipinski definition) is 1. The summed E-state index contributed by atoms with van der Waals surface area (Å²) in [6, 6.07) is 6.37. The molecule has 0 spiro atoms. The van der Waals surface area contributed by atoms with Crippen molar-refractivity contribution in [1.82, 2.24) is 14.6 Å². The third-order valence-electron chi connectivity index (χ3n) is 4.62. The molecule has 0 bridgehead atoms. The molecule has 0 unspecified atom stereocenters. The molecular weight excluding hydrogens is 382 g/mol. The third kappa shape index (κ3) is 4.36. The van der Waals surface area contributed by atoms with Crippen LogP contribution in [0.25, 0.3) is 10.9 Å². The van der Waals surface area contributed by atoms with Crippen molar-refractivity contribution in [3.63, 3.8) is 0 Å². The molecule has 1 fully saturated rings. The van der Waals surface area contributed by atoms with Crippen molar-refractivity contribution in [2.24, 2.45) is 0 Å². The number of carbonyl (C=O) groups is 1. The van der Waals surface area contributed by atoms with Crippen LogP contribution in [0.5, 0.6) is 5.75 Å². The number of piperidine rings is 1. The number of amides is 1. The lowest BCUT2D eigenvalue weighted by atomic mass is 10.1. The molecule has 1 aliphatic rings. The van der Waals surface area contributed by atoms with Gasteiger partial charge in [-0.25, -0.2) is 17.9 Å². The van der Waals surface area contributed by atoms with E-state index in [2.05, 4.69) is 9.71 Å². The number of hydrogen-bond acceptors (Lipinski definition) is 6. The lowest BCUT2D eigenvalue weighted by molar-refractivity contribution is 0.0966. The monoisotopic (exact) mass is 407 g/mol. The maximum absolute atomic E-state index is 13.0. The van der Waals surface area contributed by atoms with Crippen LogP contribution >= 0.6 is 0 Å². The van der Waals surface area contributed by atoms with Gasteiger partial charge in [0.25, 0.3) is 0 Å². The first-order valence-corrected chi connectivity index (χ1v) is 10.9. The molecule has 152 valence electrons. The molecule has 1 aromatic heterocycles. The molecule has 1 N–H and O–H groups in total. The Morgan fingerprint density at radius 3 is 2.64 bits per heavy atom. The second kappa shape index (κ2) is 8.74. The van der Waals surface area contributed by atoms with Crippen molar-refractivity contribution in [3.05, 3.63) is 30.5 Å². The molecule has 28 heavy (non-hydrogen) atoms. The topological polar surface area (TPSA) is 97.8 Å². The van der Waals surface area contributed by atoms with Crippen LogP contribution in [0, 0.1) is 0 Å². The number of rotatable bonds is 6. The van der Waals surface area contributed by atoms with Crippen molar-refractivity contribution in [3.8, 4) is 5.75 Å². The third-order valence-corrected chi connectivity index (χ3v) is 6.20. The molecule has 2 aromatic rings. The van der Waals surface area contributed by atoms with Gasteiger partial charge in [-0.3, -0.25) is 4.98 Å². The van der Waals surface area contributed by atoms with Gasteiger partial charge in [-0.1, -0.05) is 0 Å². The second-order valence-electron chi connectivity index (χ2n) is 6.48. The molecule has 1 amide bonds. The Bertz CT molecular complexity index is 940. The summed E-state index contributed by atoms with van der Waals surface area (Å²) in [5, 5.41) is 0.518. The number of nitrogens with one attached hydrogen (secondary N) is 1. The summed E-state index contributed by atoms with van der Waals surface area (Å²) >= 11 is 0. The average Bonchev–Trinajstić information content (AvgIpc) is 2.68. The number of benzene rings is 1. The van der Waals surface area contributed by atoms with Crippen molar-refractivity contribution in [2.75, 3.05) is 26.3 Å². The molecule has 8 nitrogen and oxygen atoms in total. The van der Waals surface area contributed by atoms with Gasteiger partial charge in [0, 0.05) is 30.7 Å². The van der Waals surface area contributed by atoms with Gasteiger partial charge in [-0.15, -0.1) is 0 Å².